The van der Waals surface area contributed by atoms with E-state index in [4.69, 9.17) is 0 Å². The molecule has 1 aliphatic heterocycles. The predicted molar refractivity (Wildman–Crippen MR) is 73.1 cm³/mol. The van der Waals surface area contributed by atoms with Crippen molar-refractivity contribution >= 4 is 5.97 Å². The number of rotatable bonds is 3. The first-order valence-corrected chi connectivity index (χ1v) is 6.69. The van der Waals surface area contributed by atoms with Gasteiger partial charge in [0.05, 0.1) is 5.41 Å². The summed E-state index contributed by atoms with van der Waals surface area (Å²) in [6, 6.07) is 7.30. The van der Waals surface area contributed by atoms with Crippen LogP contribution < -0.4 is 0 Å². The fourth-order valence-corrected chi connectivity index (χ4v) is 2.75. The Morgan fingerprint density at radius 3 is 2.58 bits per heavy atom. The Balaban J connectivity index is 2.13. The molecule has 0 radical (unpaired) electrons. The van der Waals surface area contributed by atoms with Crippen molar-refractivity contribution < 1.29 is 15.0 Å². The number of piperidine rings is 1. The Bertz CT molecular complexity index is 457. The van der Waals surface area contributed by atoms with E-state index in [1.54, 1.807) is 12.1 Å². The normalized spacial score (nSPS) is 26.0. The zero-order valence-electron chi connectivity index (χ0n) is 11.5. The fraction of sp³-hybridized carbons (Fsp3) is 0.533. The van der Waals surface area contributed by atoms with Crippen LogP contribution in [0.5, 0.6) is 5.75 Å². The number of aliphatic carboxylic acids is 1. The molecule has 1 saturated heterocycles. The molecule has 104 valence electrons. The molecule has 1 aromatic carbocycles. The smallest absolute Gasteiger partial charge is 0.310 e. The molecular formula is C15H21NO3. The average Bonchev–Trinajstić information content (AvgIpc) is 2.39. The Hall–Kier alpha value is -1.55. The summed E-state index contributed by atoms with van der Waals surface area (Å²) >= 11 is 0. The lowest BCUT2D eigenvalue weighted by atomic mass is 9.81. The number of phenols is 1. The summed E-state index contributed by atoms with van der Waals surface area (Å²) in [5, 5.41) is 18.7. The van der Waals surface area contributed by atoms with Gasteiger partial charge >= 0.3 is 5.97 Å². The minimum Gasteiger partial charge on any atom is -0.508 e. The summed E-state index contributed by atoms with van der Waals surface area (Å²) in [4.78, 5) is 13.6. The lowest BCUT2D eigenvalue weighted by molar-refractivity contribution is -0.151. The lowest BCUT2D eigenvalue weighted by Crippen LogP contribution is -2.46. The third kappa shape index (κ3) is 2.89. The molecule has 19 heavy (non-hydrogen) atoms. The van der Waals surface area contributed by atoms with Gasteiger partial charge in [0.15, 0.2) is 0 Å². The highest BCUT2D eigenvalue weighted by molar-refractivity contribution is 5.74. The molecule has 0 spiro atoms. The number of phenolic OH excluding ortho intramolecular Hbond substituents is 1. The Labute approximate surface area is 113 Å². The first-order chi connectivity index (χ1) is 8.92. The maximum Gasteiger partial charge on any atom is 0.310 e. The minimum atomic E-state index is -0.713. The van der Waals surface area contributed by atoms with Gasteiger partial charge in [-0.1, -0.05) is 12.1 Å². The second-order valence-electron chi connectivity index (χ2n) is 5.71. The highest BCUT2D eigenvalue weighted by atomic mass is 16.4. The van der Waals surface area contributed by atoms with Gasteiger partial charge in [-0.15, -0.1) is 0 Å². The maximum atomic E-state index is 11.4. The summed E-state index contributed by atoms with van der Waals surface area (Å²) in [5.41, 5.74) is 0.455. The summed E-state index contributed by atoms with van der Waals surface area (Å²) in [6.45, 7) is 5.40. The van der Waals surface area contributed by atoms with E-state index < -0.39 is 11.4 Å². The average molecular weight is 263 g/mol. The van der Waals surface area contributed by atoms with E-state index in [0.717, 1.165) is 24.9 Å². The van der Waals surface area contributed by atoms with Crippen molar-refractivity contribution in [3.8, 4) is 5.75 Å². The molecule has 1 heterocycles. The third-order valence-electron chi connectivity index (χ3n) is 4.17. The van der Waals surface area contributed by atoms with Crippen LogP contribution in [0.15, 0.2) is 24.3 Å². The van der Waals surface area contributed by atoms with E-state index in [-0.39, 0.29) is 11.8 Å². The predicted octanol–water partition coefficient (Wildman–Crippen LogP) is 2.64. The summed E-state index contributed by atoms with van der Waals surface area (Å²) in [7, 11) is 0. The van der Waals surface area contributed by atoms with E-state index in [2.05, 4.69) is 11.8 Å². The summed E-state index contributed by atoms with van der Waals surface area (Å²) in [5.74, 6) is -0.458. The molecule has 2 rings (SSSR count). The molecule has 1 fully saturated rings. The van der Waals surface area contributed by atoms with Gasteiger partial charge in [-0.05, 0) is 50.9 Å². The van der Waals surface area contributed by atoms with E-state index in [9.17, 15) is 15.0 Å². The SMILES string of the molecule is CC(c1ccc(O)cc1)N1CCCC(C)(C(=O)O)C1. The van der Waals surface area contributed by atoms with Gasteiger partial charge in [0, 0.05) is 12.6 Å². The summed E-state index contributed by atoms with van der Waals surface area (Å²) < 4.78 is 0. The fourth-order valence-electron chi connectivity index (χ4n) is 2.75. The topological polar surface area (TPSA) is 60.8 Å². The molecule has 1 aliphatic rings. The number of benzene rings is 1. The van der Waals surface area contributed by atoms with Crippen molar-refractivity contribution in [2.45, 2.75) is 32.7 Å². The summed E-state index contributed by atoms with van der Waals surface area (Å²) in [6.07, 6.45) is 1.65. The largest absolute Gasteiger partial charge is 0.508 e. The van der Waals surface area contributed by atoms with Crippen LogP contribution in [0.4, 0.5) is 0 Å². The van der Waals surface area contributed by atoms with Gasteiger partial charge in [-0.2, -0.15) is 0 Å². The van der Waals surface area contributed by atoms with Gasteiger partial charge in [0.25, 0.3) is 0 Å². The van der Waals surface area contributed by atoms with Gasteiger partial charge in [0.1, 0.15) is 5.75 Å². The van der Waals surface area contributed by atoms with Crippen LogP contribution in [-0.2, 0) is 4.79 Å². The van der Waals surface area contributed by atoms with Crippen LogP contribution in [0, 0.1) is 5.41 Å². The monoisotopic (exact) mass is 263 g/mol. The van der Waals surface area contributed by atoms with E-state index in [0.29, 0.717) is 6.54 Å². The second kappa shape index (κ2) is 5.21. The maximum absolute atomic E-state index is 11.4. The van der Waals surface area contributed by atoms with Crippen LogP contribution in [0.2, 0.25) is 0 Å². The van der Waals surface area contributed by atoms with Crippen LogP contribution in [0.3, 0.4) is 0 Å². The van der Waals surface area contributed by atoms with E-state index in [1.807, 2.05) is 19.1 Å². The molecule has 4 nitrogen and oxygen atoms in total. The van der Waals surface area contributed by atoms with Gasteiger partial charge in [-0.3, -0.25) is 9.69 Å². The molecule has 0 aromatic heterocycles. The molecule has 2 N–H and O–H groups in total. The lowest BCUT2D eigenvalue weighted by Gasteiger charge is -2.40. The van der Waals surface area contributed by atoms with Crippen molar-refractivity contribution in [2.24, 2.45) is 5.41 Å². The van der Waals surface area contributed by atoms with Crippen LogP contribution in [0.1, 0.15) is 38.3 Å². The zero-order valence-corrected chi connectivity index (χ0v) is 11.5. The highest BCUT2D eigenvalue weighted by Crippen LogP contribution is 2.34. The first kappa shape index (κ1) is 13.9. The number of hydrogen-bond donors (Lipinski definition) is 2. The van der Waals surface area contributed by atoms with Gasteiger partial charge in [-0.25, -0.2) is 0 Å². The number of hydrogen-bond acceptors (Lipinski definition) is 3. The van der Waals surface area contributed by atoms with Crippen LogP contribution in [-0.4, -0.2) is 34.2 Å². The highest BCUT2D eigenvalue weighted by Gasteiger charge is 2.39. The number of nitrogens with zero attached hydrogens (tertiary/aromatic N) is 1. The molecule has 0 bridgehead atoms. The Kier molecular flexibility index (Phi) is 3.80. The van der Waals surface area contributed by atoms with E-state index >= 15 is 0 Å². The van der Waals surface area contributed by atoms with E-state index in [1.165, 1.54) is 0 Å². The van der Waals surface area contributed by atoms with Gasteiger partial charge in [0.2, 0.25) is 0 Å². The molecule has 0 saturated carbocycles. The molecular weight excluding hydrogens is 242 g/mol. The van der Waals surface area contributed by atoms with Crippen molar-refractivity contribution in [3.05, 3.63) is 29.8 Å². The molecule has 2 unspecified atom stereocenters. The number of carboxylic acid groups (broad SMARTS) is 1. The van der Waals surface area contributed by atoms with Crippen LogP contribution in [0.25, 0.3) is 0 Å². The number of aromatic hydroxyl groups is 1. The van der Waals surface area contributed by atoms with Gasteiger partial charge < -0.3 is 10.2 Å². The van der Waals surface area contributed by atoms with Crippen molar-refractivity contribution in [2.75, 3.05) is 13.1 Å². The molecule has 4 heteroatoms. The molecule has 2 atom stereocenters. The minimum absolute atomic E-state index is 0.166. The zero-order chi connectivity index (χ0) is 14.0. The second-order valence-corrected chi connectivity index (χ2v) is 5.71. The number of likely N-dealkylation sites (tertiary alicyclic amines) is 1. The van der Waals surface area contributed by atoms with Crippen molar-refractivity contribution in [3.63, 3.8) is 0 Å². The number of carboxylic acids is 1. The van der Waals surface area contributed by atoms with Crippen LogP contribution >= 0.6 is 0 Å². The molecule has 0 aliphatic carbocycles. The Morgan fingerprint density at radius 2 is 2.00 bits per heavy atom. The quantitative estimate of drug-likeness (QED) is 0.880. The third-order valence-corrected chi connectivity index (χ3v) is 4.17. The first-order valence-electron chi connectivity index (χ1n) is 6.69. The Morgan fingerprint density at radius 1 is 1.37 bits per heavy atom. The standard InChI is InChI=1S/C15H21NO3/c1-11(12-4-6-13(17)7-5-12)16-9-3-8-15(2,10-16)14(18)19/h4-7,11,17H,3,8-10H2,1-2H3,(H,18,19). The molecule has 1 aromatic rings. The van der Waals surface area contributed by atoms with Crippen molar-refractivity contribution in [1.82, 2.24) is 4.90 Å². The van der Waals surface area contributed by atoms with Crippen molar-refractivity contribution in [1.29, 1.82) is 0 Å². The number of carbonyl (C=O) groups is 1. The molecule has 0 amide bonds.